The van der Waals surface area contributed by atoms with Crippen molar-refractivity contribution in [1.82, 2.24) is 19.7 Å². The van der Waals surface area contributed by atoms with Crippen LogP contribution in [0, 0.1) is 13.8 Å². The number of amides is 1. The van der Waals surface area contributed by atoms with Crippen LogP contribution >= 0.6 is 11.3 Å². The molecular formula is C21H20N4O2S. The molecule has 3 aromatic heterocycles. The Labute approximate surface area is 167 Å². The summed E-state index contributed by atoms with van der Waals surface area (Å²) in [5.74, 6) is 0.544. The van der Waals surface area contributed by atoms with Gasteiger partial charge in [-0.25, -0.2) is 9.67 Å². The molecule has 0 aliphatic heterocycles. The molecule has 0 bridgehead atoms. The smallest absolute Gasteiger partial charge is 0.273 e. The summed E-state index contributed by atoms with van der Waals surface area (Å²) in [5.41, 5.74) is 4.41. The van der Waals surface area contributed by atoms with Gasteiger partial charge in [0, 0.05) is 30.2 Å². The number of rotatable bonds is 5. The molecule has 28 heavy (non-hydrogen) atoms. The molecule has 0 radical (unpaired) electrons. The van der Waals surface area contributed by atoms with Gasteiger partial charge in [-0.15, -0.1) is 11.3 Å². The first kappa shape index (κ1) is 18.2. The van der Waals surface area contributed by atoms with E-state index in [4.69, 9.17) is 4.42 Å². The van der Waals surface area contributed by atoms with Crippen LogP contribution in [0.5, 0.6) is 0 Å². The average molecular weight is 392 g/mol. The Balaban J connectivity index is 1.55. The molecule has 3 heterocycles. The van der Waals surface area contributed by atoms with Gasteiger partial charge in [0.1, 0.15) is 5.69 Å². The molecule has 0 fully saturated rings. The molecule has 0 N–H and O–H groups in total. The fraction of sp³-hybridized carbons (Fsp3) is 0.190. The molecule has 4 rings (SSSR count). The quantitative estimate of drug-likeness (QED) is 0.502. The third-order valence-corrected chi connectivity index (χ3v) is 5.50. The van der Waals surface area contributed by atoms with Gasteiger partial charge >= 0.3 is 0 Å². The Bertz CT molecular complexity index is 1100. The molecule has 7 heteroatoms. The molecule has 0 atom stereocenters. The van der Waals surface area contributed by atoms with Gasteiger partial charge in [-0.05, 0) is 38.1 Å². The van der Waals surface area contributed by atoms with Crippen molar-refractivity contribution in [2.75, 3.05) is 7.05 Å². The molecule has 0 saturated carbocycles. The first-order valence-corrected chi connectivity index (χ1v) is 9.78. The standard InChI is InChI=1S/C21H20N4O2S/c1-14-17(15(2)25(23-14)16-8-5-4-6-9-16)12-24(3)21(26)18-13-28-20(22-18)19-10-7-11-27-19/h4-11,13H,12H2,1-3H3. The number of aryl methyl sites for hydroxylation is 1. The van der Waals surface area contributed by atoms with Gasteiger partial charge in [0.05, 0.1) is 17.6 Å². The molecule has 1 amide bonds. The van der Waals surface area contributed by atoms with Crippen LogP contribution in [-0.4, -0.2) is 32.6 Å². The third-order valence-electron chi connectivity index (χ3n) is 4.64. The van der Waals surface area contributed by atoms with Crippen LogP contribution in [0.1, 0.15) is 27.4 Å². The number of para-hydroxylation sites is 1. The topological polar surface area (TPSA) is 64.2 Å². The van der Waals surface area contributed by atoms with Crippen molar-refractivity contribution in [3.63, 3.8) is 0 Å². The van der Waals surface area contributed by atoms with Gasteiger partial charge in [0.2, 0.25) is 0 Å². The molecule has 6 nitrogen and oxygen atoms in total. The highest BCUT2D eigenvalue weighted by Crippen LogP contribution is 2.25. The minimum atomic E-state index is -0.125. The molecule has 0 unspecified atom stereocenters. The van der Waals surface area contributed by atoms with E-state index in [1.165, 1.54) is 11.3 Å². The Kier molecular flexibility index (Phi) is 4.83. The lowest BCUT2D eigenvalue weighted by atomic mass is 10.2. The highest BCUT2D eigenvalue weighted by atomic mass is 32.1. The number of furan rings is 1. The van der Waals surface area contributed by atoms with Gasteiger partial charge in [-0.1, -0.05) is 18.2 Å². The van der Waals surface area contributed by atoms with Crippen molar-refractivity contribution < 1.29 is 9.21 Å². The second-order valence-electron chi connectivity index (χ2n) is 6.57. The van der Waals surface area contributed by atoms with Crippen LogP contribution < -0.4 is 0 Å². The average Bonchev–Trinajstić information content (AvgIpc) is 3.45. The molecule has 4 aromatic rings. The maximum atomic E-state index is 12.8. The Morgan fingerprint density at radius 3 is 2.68 bits per heavy atom. The summed E-state index contributed by atoms with van der Waals surface area (Å²) in [4.78, 5) is 18.9. The maximum Gasteiger partial charge on any atom is 0.273 e. The number of aromatic nitrogens is 3. The van der Waals surface area contributed by atoms with Crippen molar-refractivity contribution in [3.05, 3.63) is 76.8 Å². The van der Waals surface area contributed by atoms with Crippen LogP contribution in [0.15, 0.2) is 58.5 Å². The summed E-state index contributed by atoms with van der Waals surface area (Å²) in [7, 11) is 1.78. The Hall–Kier alpha value is -3.19. The van der Waals surface area contributed by atoms with Crippen LogP contribution in [-0.2, 0) is 6.54 Å². The molecular weight excluding hydrogens is 372 g/mol. The van der Waals surface area contributed by atoms with Gasteiger partial charge in [0.25, 0.3) is 5.91 Å². The number of carbonyl (C=O) groups excluding carboxylic acids is 1. The molecule has 0 aliphatic carbocycles. The lowest BCUT2D eigenvalue weighted by Crippen LogP contribution is -2.27. The van der Waals surface area contributed by atoms with E-state index >= 15 is 0 Å². The summed E-state index contributed by atoms with van der Waals surface area (Å²) in [6.07, 6.45) is 1.60. The molecule has 142 valence electrons. The number of nitrogens with zero attached hydrogens (tertiary/aromatic N) is 4. The number of thiazole rings is 1. The highest BCUT2D eigenvalue weighted by molar-refractivity contribution is 7.13. The van der Waals surface area contributed by atoms with Crippen molar-refractivity contribution in [1.29, 1.82) is 0 Å². The lowest BCUT2D eigenvalue weighted by Gasteiger charge is -2.16. The summed E-state index contributed by atoms with van der Waals surface area (Å²) in [6.45, 7) is 4.47. The minimum absolute atomic E-state index is 0.125. The van der Waals surface area contributed by atoms with Crippen LogP contribution in [0.2, 0.25) is 0 Å². The van der Waals surface area contributed by atoms with Crippen molar-refractivity contribution in [2.45, 2.75) is 20.4 Å². The van der Waals surface area contributed by atoms with Crippen LogP contribution in [0.3, 0.4) is 0 Å². The summed E-state index contributed by atoms with van der Waals surface area (Å²) in [5, 5.41) is 7.12. The summed E-state index contributed by atoms with van der Waals surface area (Å²) < 4.78 is 7.27. The molecule has 1 aromatic carbocycles. The monoisotopic (exact) mass is 392 g/mol. The van der Waals surface area contributed by atoms with Crippen LogP contribution in [0.25, 0.3) is 16.5 Å². The predicted molar refractivity (Wildman–Crippen MR) is 109 cm³/mol. The Morgan fingerprint density at radius 2 is 1.96 bits per heavy atom. The first-order valence-electron chi connectivity index (χ1n) is 8.90. The third kappa shape index (κ3) is 3.36. The SMILES string of the molecule is Cc1nn(-c2ccccc2)c(C)c1CN(C)C(=O)c1csc(-c2ccco2)n1. The normalized spacial score (nSPS) is 11.0. The van der Waals surface area contributed by atoms with E-state index in [2.05, 4.69) is 10.1 Å². The second-order valence-corrected chi connectivity index (χ2v) is 7.43. The van der Waals surface area contributed by atoms with Crippen molar-refractivity contribution in [3.8, 4) is 16.5 Å². The van der Waals surface area contributed by atoms with Gasteiger partial charge in [-0.3, -0.25) is 4.79 Å². The number of carbonyl (C=O) groups is 1. The number of hydrogen-bond acceptors (Lipinski definition) is 5. The van der Waals surface area contributed by atoms with E-state index in [-0.39, 0.29) is 5.91 Å². The van der Waals surface area contributed by atoms with Gasteiger partial charge in [-0.2, -0.15) is 5.10 Å². The van der Waals surface area contributed by atoms with Gasteiger partial charge < -0.3 is 9.32 Å². The minimum Gasteiger partial charge on any atom is -0.462 e. The van der Waals surface area contributed by atoms with E-state index < -0.39 is 0 Å². The van der Waals surface area contributed by atoms with E-state index in [0.29, 0.717) is 23.0 Å². The zero-order valence-corrected chi connectivity index (χ0v) is 16.7. The molecule has 0 spiro atoms. The highest BCUT2D eigenvalue weighted by Gasteiger charge is 2.20. The summed E-state index contributed by atoms with van der Waals surface area (Å²) in [6, 6.07) is 13.6. The number of hydrogen-bond donors (Lipinski definition) is 0. The largest absolute Gasteiger partial charge is 0.462 e. The van der Waals surface area contributed by atoms with E-state index in [0.717, 1.165) is 22.6 Å². The van der Waals surface area contributed by atoms with Crippen molar-refractivity contribution in [2.24, 2.45) is 0 Å². The maximum absolute atomic E-state index is 12.8. The van der Waals surface area contributed by atoms with E-state index in [1.54, 1.807) is 29.7 Å². The fourth-order valence-electron chi connectivity index (χ4n) is 3.11. The first-order chi connectivity index (χ1) is 13.5. The number of benzene rings is 1. The molecule has 0 saturated heterocycles. The van der Waals surface area contributed by atoms with Crippen LogP contribution in [0.4, 0.5) is 0 Å². The zero-order chi connectivity index (χ0) is 19.7. The van der Waals surface area contributed by atoms with Gasteiger partial charge in [0.15, 0.2) is 10.8 Å². The van der Waals surface area contributed by atoms with Crippen molar-refractivity contribution >= 4 is 17.2 Å². The second kappa shape index (κ2) is 7.44. The lowest BCUT2D eigenvalue weighted by molar-refractivity contribution is 0.0780. The fourth-order valence-corrected chi connectivity index (χ4v) is 3.87. The zero-order valence-electron chi connectivity index (χ0n) is 15.9. The molecule has 0 aliphatic rings. The van der Waals surface area contributed by atoms with E-state index in [1.807, 2.05) is 54.9 Å². The Morgan fingerprint density at radius 1 is 1.18 bits per heavy atom. The van der Waals surface area contributed by atoms with E-state index in [9.17, 15) is 4.79 Å². The predicted octanol–water partition coefficient (Wildman–Crippen LogP) is 4.48. The summed E-state index contributed by atoms with van der Waals surface area (Å²) >= 11 is 1.40.